The Bertz CT molecular complexity index is 606. The number of hydrogen-bond donors (Lipinski definition) is 1. The van der Waals surface area contributed by atoms with Gasteiger partial charge in [0.25, 0.3) is 0 Å². The number of imidazole rings is 1. The highest BCUT2D eigenvalue weighted by Gasteiger charge is 2.40. The van der Waals surface area contributed by atoms with Crippen molar-refractivity contribution in [1.29, 1.82) is 0 Å². The average molecular weight is 271 g/mol. The van der Waals surface area contributed by atoms with Gasteiger partial charge in [0.2, 0.25) is 5.82 Å². The third-order valence-electron chi connectivity index (χ3n) is 2.88. The molecule has 0 amide bonds. The van der Waals surface area contributed by atoms with Crippen LogP contribution < -0.4 is 5.73 Å². The molecule has 2 N–H and O–H groups in total. The Balaban J connectivity index is 2.81. The van der Waals surface area contributed by atoms with Crippen LogP contribution in [-0.4, -0.2) is 9.55 Å². The van der Waals surface area contributed by atoms with Crippen molar-refractivity contribution >= 4 is 11.0 Å². The third kappa shape index (κ3) is 2.45. The molecule has 0 saturated carbocycles. The van der Waals surface area contributed by atoms with Crippen molar-refractivity contribution in [2.24, 2.45) is 5.73 Å². The van der Waals surface area contributed by atoms with E-state index in [1.165, 1.54) is 4.57 Å². The summed E-state index contributed by atoms with van der Waals surface area (Å²) in [5.41, 5.74) is 6.35. The van der Waals surface area contributed by atoms with Gasteiger partial charge in [0.05, 0.1) is 11.0 Å². The quantitative estimate of drug-likeness (QED) is 0.865. The first kappa shape index (κ1) is 13.9. The summed E-state index contributed by atoms with van der Waals surface area (Å²) in [6, 6.07) is 4.98. The molecule has 0 bridgehead atoms. The third-order valence-corrected chi connectivity index (χ3v) is 2.88. The Kier molecular flexibility index (Phi) is 3.09. The molecule has 2 aromatic rings. The predicted octanol–water partition coefficient (Wildman–Crippen LogP) is 3.27. The van der Waals surface area contributed by atoms with E-state index in [4.69, 9.17) is 5.73 Å². The molecule has 1 aromatic carbocycles. The monoisotopic (exact) mass is 271 g/mol. The van der Waals surface area contributed by atoms with Crippen molar-refractivity contribution in [1.82, 2.24) is 9.55 Å². The maximum absolute atomic E-state index is 13.1. The summed E-state index contributed by atoms with van der Waals surface area (Å²) in [6.07, 6.45) is -4.48. The lowest BCUT2D eigenvalue weighted by Gasteiger charge is -2.25. The first-order valence-corrected chi connectivity index (χ1v) is 5.93. The van der Waals surface area contributed by atoms with Crippen molar-refractivity contribution in [3.8, 4) is 0 Å². The number of fused-ring (bicyclic) bond motifs is 1. The van der Waals surface area contributed by atoms with Crippen LogP contribution in [0.4, 0.5) is 13.2 Å². The number of aromatic nitrogens is 2. The molecule has 1 heterocycles. The second kappa shape index (κ2) is 4.23. The number of halogens is 3. The Labute approximate surface area is 109 Å². The fraction of sp³-hybridized carbons (Fsp3) is 0.462. The van der Waals surface area contributed by atoms with Crippen LogP contribution in [0.1, 0.15) is 32.2 Å². The van der Waals surface area contributed by atoms with Crippen molar-refractivity contribution in [2.45, 2.75) is 39.0 Å². The summed E-state index contributed by atoms with van der Waals surface area (Å²) < 4.78 is 40.5. The van der Waals surface area contributed by atoms with Crippen LogP contribution in [0.15, 0.2) is 18.2 Å². The van der Waals surface area contributed by atoms with E-state index < -0.39 is 17.5 Å². The zero-order valence-corrected chi connectivity index (χ0v) is 11.0. The fourth-order valence-corrected chi connectivity index (χ4v) is 2.12. The van der Waals surface area contributed by atoms with Crippen LogP contribution in [-0.2, 0) is 18.3 Å². The van der Waals surface area contributed by atoms with Gasteiger partial charge in [0.1, 0.15) is 0 Å². The van der Waals surface area contributed by atoms with E-state index in [0.29, 0.717) is 11.0 Å². The predicted molar refractivity (Wildman–Crippen MR) is 67.6 cm³/mol. The number of nitrogens with zero attached hydrogens (tertiary/aromatic N) is 2. The van der Waals surface area contributed by atoms with Crippen LogP contribution in [0.5, 0.6) is 0 Å². The molecule has 0 aliphatic rings. The Morgan fingerprint density at radius 1 is 1.21 bits per heavy atom. The molecule has 104 valence electrons. The minimum Gasteiger partial charge on any atom is -0.326 e. The molecule has 0 aliphatic carbocycles. The van der Waals surface area contributed by atoms with Gasteiger partial charge in [0.15, 0.2) is 0 Å². The van der Waals surface area contributed by atoms with Gasteiger partial charge in [-0.25, -0.2) is 4.98 Å². The second-order valence-corrected chi connectivity index (χ2v) is 5.47. The Morgan fingerprint density at radius 3 is 2.32 bits per heavy atom. The van der Waals surface area contributed by atoms with Gasteiger partial charge >= 0.3 is 6.18 Å². The highest BCUT2D eigenvalue weighted by atomic mass is 19.4. The minimum atomic E-state index is -4.48. The topological polar surface area (TPSA) is 43.8 Å². The van der Waals surface area contributed by atoms with Gasteiger partial charge in [-0.1, -0.05) is 6.07 Å². The Morgan fingerprint density at radius 2 is 1.84 bits per heavy atom. The summed E-state index contributed by atoms with van der Waals surface area (Å²) in [7, 11) is 0. The summed E-state index contributed by atoms with van der Waals surface area (Å²) >= 11 is 0. The van der Waals surface area contributed by atoms with Gasteiger partial charge in [-0.05, 0) is 38.5 Å². The molecule has 0 aliphatic heterocycles. The second-order valence-electron chi connectivity index (χ2n) is 5.47. The molecule has 0 fully saturated rings. The molecule has 0 saturated heterocycles. The molecule has 0 unspecified atom stereocenters. The van der Waals surface area contributed by atoms with Gasteiger partial charge in [-0.3, -0.25) is 0 Å². The van der Waals surface area contributed by atoms with Crippen molar-refractivity contribution in [2.75, 3.05) is 0 Å². The maximum Gasteiger partial charge on any atom is 0.449 e. The van der Waals surface area contributed by atoms with Crippen LogP contribution in [0.25, 0.3) is 11.0 Å². The lowest BCUT2D eigenvalue weighted by molar-refractivity contribution is -0.148. The molecule has 3 nitrogen and oxygen atoms in total. The zero-order valence-electron chi connectivity index (χ0n) is 11.0. The van der Waals surface area contributed by atoms with Crippen molar-refractivity contribution < 1.29 is 13.2 Å². The molecule has 0 radical (unpaired) electrons. The van der Waals surface area contributed by atoms with E-state index >= 15 is 0 Å². The first-order valence-electron chi connectivity index (χ1n) is 5.93. The number of alkyl halides is 3. The Hall–Kier alpha value is -1.56. The average Bonchev–Trinajstić information content (AvgIpc) is 2.66. The van der Waals surface area contributed by atoms with Gasteiger partial charge in [-0.2, -0.15) is 13.2 Å². The highest BCUT2D eigenvalue weighted by Crippen LogP contribution is 2.35. The molecule has 2 rings (SSSR count). The number of benzene rings is 1. The number of hydrogen-bond acceptors (Lipinski definition) is 2. The molecule has 0 spiro atoms. The molecule has 6 heteroatoms. The smallest absolute Gasteiger partial charge is 0.326 e. The fourth-order valence-electron chi connectivity index (χ4n) is 2.12. The standard InChI is InChI=1S/C13H16F3N3/c1-12(2,3)19-10-5-4-8(7-17)6-9(10)18-11(19)13(14,15)16/h4-6H,7,17H2,1-3H3. The normalized spacial score (nSPS) is 13.2. The molecular formula is C13H16F3N3. The van der Waals surface area contributed by atoms with Gasteiger partial charge < -0.3 is 10.3 Å². The lowest BCUT2D eigenvalue weighted by atomic mass is 10.1. The van der Waals surface area contributed by atoms with E-state index in [1.807, 2.05) is 0 Å². The summed E-state index contributed by atoms with van der Waals surface area (Å²) in [6.45, 7) is 5.44. The maximum atomic E-state index is 13.1. The van der Waals surface area contributed by atoms with Gasteiger partial charge in [-0.15, -0.1) is 0 Å². The summed E-state index contributed by atoms with van der Waals surface area (Å²) in [5, 5.41) is 0. The van der Waals surface area contributed by atoms with Crippen molar-refractivity contribution in [3.05, 3.63) is 29.6 Å². The lowest BCUT2D eigenvalue weighted by Crippen LogP contribution is -2.27. The molecular weight excluding hydrogens is 255 g/mol. The van der Waals surface area contributed by atoms with E-state index in [1.54, 1.807) is 39.0 Å². The number of rotatable bonds is 1. The van der Waals surface area contributed by atoms with E-state index in [2.05, 4.69) is 4.98 Å². The van der Waals surface area contributed by atoms with Crippen LogP contribution >= 0.6 is 0 Å². The largest absolute Gasteiger partial charge is 0.449 e. The van der Waals surface area contributed by atoms with Crippen LogP contribution in [0, 0.1) is 0 Å². The molecule has 1 aromatic heterocycles. The number of nitrogens with two attached hydrogens (primary N) is 1. The summed E-state index contributed by atoms with van der Waals surface area (Å²) in [4.78, 5) is 3.74. The van der Waals surface area contributed by atoms with E-state index in [0.717, 1.165) is 5.56 Å². The molecule has 0 atom stereocenters. The van der Waals surface area contributed by atoms with E-state index in [-0.39, 0.29) is 6.54 Å². The van der Waals surface area contributed by atoms with Gasteiger partial charge in [0, 0.05) is 12.1 Å². The van der Waals surface area contributed by atoms with E-state index in [9.17, 15) is 13.2 Å². The van der Waals surface area contributed by atoms with Crippen molar-refractivity contribution in [3.63, 3.8) is 0 Å². The van der Waals surface area contributed by atoms with Crippen LogP contribution in [0.3, 0.4) is 0 Å². The SMILES string of the molecule is CC(C)(C)n1c(C(F)(F)F)nc2cc(CN)ccc21. The van der Waals surface area contributed by atoms with Crippen LogP contribution in [0.2, 0.25) is 0 Å². The minimum absolute atomic E-state index is 0.277. The molecule has 19 heavy (non-hydrogen) atoms. The first-order chi connectivity index (χ1) is 8.64. The summed E-state index contributed by atoms with van der Waals surface area (Å²) in [5.74, 6) is -0.871. The highest BCUT2D eigenvalue weighted by molar-refractivity contribution is 5.77. The zero-order chi connectivity index (χ0) is 14.4.